The summed E-state index contributed by atoms with van der Waals surface area (Å²) in [6.07, 6.45) is 7.32. The molecule has 3 aromatic carbocycles. The molecule has 1 fully saturated rings. The number of ether oxygens (including phenoxy) is 1. The van der Waals surface area contributed by atoms with E-state index in [-0.39, 0.29) is 24.2 Å². The fourth-order valence-electron chi connectivity index (χ4n) is 6.58. The molecule has 1 aliphatic heterocycles. The van der Waals surface area contributed by atoms with E-state index < -0.39 is 0 Å². The van der Waals surface area contributed by atoms with E-state index in [9.17, 15) is 5.26 Å². The Morgan fingerprint density at radius 2 is 1.71 bits per heavy atom. The first-order chi connectivity index (χ1) is 25.2. The molecule has 1 unspecified atom stereocenters. The number of halogens is 2. The number of nitrogens with zero attached hydrogens (tertiary/aromatic N) is 7. The second kappa shape index (κ2) is 15.2. The van der Waals surface area contributed by atoms with Gasteiger partial charge in [0.25, 0.3) is 0 Å². The van der Waals surface area contributed by atoms with Crippen molar-refractivity contribution in [2.45, 2.75) is 57.8 Å². The van der Waals surface area contributed by atoms with Crippen LogP contribution in [-0.4, -0.2) is 48.5 Å². The molecule has 52 heavy (non-hydrogen) atoms. The van der Waals surface area contributed by atoms with Gasteiger partial charge in [0.15, 0.2) is 0 Å². The number of fused-ring (bicyclic) bond motifs is 1. The summed E-state index contributed by atoms with van der Waals surface area (Å²) >= 11 is 13.5. The van der Waals surface area contributed by atoms with Crippen molar-refractivity contribution in [1.29, 1.82) is 5.26 Å². The molecule has 0 radical (unpaired) electrons. The molecule has 10 nitrogen and oxygen atoms in total. The second-order valence-corrected chi connectivity index (χ2v) is 14.7. The Morgan fingerprint density at radius 1 is 0.942 bits per heavy atom. The number of aromatic nitrogens is 5. The number of nitriles is 1. The van der Waals surface area contributed by atoms with Crippen LogP contribution in [0.3, 0.4) is 0 Å². The smallest absolute Gasteiger partial charge is 0.138 e. The van der Waals surface area contributed by atoms with Crippen molar-refractivity contribution >= 4 is 51.2 Å². The van der Waals surface area contributed by atoms with Crippen LogP contribution < -0.4 is 15.4 Å². The molecule has 6 aromatic rings. The summed E-state index contributed by atoms with van der Waals surface area (Å²) in [5.74, 6) is 0.520. The molecule has 4 heterocycles. The van der Waals surface area contributed by atoms with Crippen LogP contribution in [0.2, 0.25) is 10.0 Å². The Bertz CT molecular complexity index is 2210. The Kier molecular flexibility index (Phi) is 10.3. The van der Waals surface area contributed by atoms with Crippen molar-refractivity contribution in [3.8, 4) is 11.8 Å². The first-order valence-electron chi connectivity index (χ1n) is 17.3. The lowest BCUT2D eigenvalue weighted by Crippen LogP contribution is -2.46. The SMILES string of the molecule is CC(C)(C)N1CCC(n2cc(C(Nc3cc(Cl)c4ncc(C#N)c(Nc5ccc(OCc6ccccn6)c(Cl)c5)c4c3)c3ccccc3)nn2)CC1. The second-order valence-electron chi connectivity index (χ2n) is 13.9. The Hall–Kier alpha value is -5.21. The lowest BCUT2D eigenvalue weighted by molar-refractivity contribution is 0.0866. The maximum absolute atomic E-state index is 10.1. The number of pyridine rings is 2. The molecular formula is C40H39Cl2N9O. The van der Waals surface area contributed by atoms with E-state index in [2.05, 4.69) is 81.0 Å². The molecule has 1 atom stereocenters. The number of hydrogen-bond acceptors (Lipinski definition) is 9. The van der Waals surface area contributed by atoms with Crippen LogP contribution in [0.4, 0.5) is 17.1 Å². The zero-order valence-electron chi connectivity index (χ0n) is 29.2. The molecule has 3 aromatic heterocycles. The number of benzene rings is 3. The lowest BCUT2D eigenvalue weighted by atomic mass is 9.98. The molecule has 7 rings (SSSR count). The third-order valence-corrected chi connectivity index (χ3v) is 9.99. The predicted octanol–water partition coefficient (Wildman–Crippen LogP) is 9.36. The summed E-state index contributed by atoms with van der Waals surface area (Å²) in [6, 6.07) is 27.2. The quantitative estimate of drug-likeness (QED) is 0.142. The topological polar surface area (TPSA) is 117 Å². The zero-order valence-corrected chi connectivity index (χ0v) is 30.7. The minimum atomic E-state index is -0.320. The summed E-state index contributed by atoms with van der Waals surface area (Å²) in [6.45, 7) is 9.11. The molecule has 0 aliphatic carbocycles. The normalized spacial score (nSPS) is 14.5. The van der Waals surface area contributed by atoms with Gasteiger partial charge in [0.2, 0.25) is 0 Å². The van der Waals surface area contributed by atoms with Gasteiger partial charge in [-0.3, -0.25) is 14.9 Å². The largest absolute Gasteiger partial charge is 0.486 e. The summed E-state index contributed by atoms with van der Waals surface area (Å²) in [5, 5.41) is 28.0. The highest BCUT2D eigenvalue weighted by Gasteiger charge is 2.29. The van der Waals surface area contributed by atoms with Gasteiger partial charge in [-0.25, -0.2) is 4.68 Å². The van der Waals surface area contributed by atoms with Crippen LogP contribution in [0.15, 0.2) is 97.5 Å². The van der Waals surface area contributed by atoms with Crippen LogP contribution in [0.25, 0.3) is 10.9 Å². The third kappa shape index (κ3) is 7.82. The molecule has 2 N–H and O–H groups in total. The molecular weight excluding hydrogens is 693 g/mol. The number of likely N-dealkylation sites (tertiary alicyclic amines) is 1. The van der Waals surface area contributed by atoms with E-state index in [0.717, 1.165) is 48.6 Å². The summed E-state index contributed by atoms with van der Waals surface area (Å²) in [5.41, 5.74) is 5.62. The summed E-state index contributed by atoms with van der Waals surface area (Å²) in [4.78, 5) is 11.4. The maximum atomic E-state index is 10.1. The molecule has 12 heteroatoms. The van der Waals surface area contributed by atoms with Crippen LogP contribution in [0.5, 0.6) is 5.75 Å². The van der Waals surface area contributed by atoms with Crippen molar-refractivity contribution in [2.24, 2.45) is 0 Å². The van der Waals surface area contributed by atoms with Gasteiger partial charge in [0.05, 0.1) is 50.8 Å². The van der Waals surface area contributed by atoms with Gasteiger partial charge < -0.3 is 15.4 Å². The fourth-order valence-corrected chi connectivity index (χ4v) is 7.08. The maximum Gasteiger partial charge on any atom is 0.138 e. The zero-order chi connectivity index (χ0) is 36.2. The predicted molar refractivity (Wildman–Crippen MR) is 206 cm³/mol. The Labute approximate surface area is 313 Å². The molecule has 0 bridgehead atoms. The summed E-state index contributed by atoms with van der Waals surface area (Å²) < 4.78 is 7.93. The average molecular weight is 733 g/mol. The number of rotatable bonds is 10. The van der Waals surface area contributed by atoms with Gasteiger partial charge in [-0.1, -0.05) is 64.8 Å². The van der Waals surface area contributed by atoms with E-state index in [0.29, 0.717) is 43.6 Å². The van der Waals surface area contributed by atoms with Crippen LogP contribution in [0.1, 0.15) is 68.2 Å². The van der Waals surface area contributed by atoms with Crippen molar-refractivity contribution in [1.82, 2.24) is 29.9 Å². The molecule has 0 saturated carbocycles. The van der Waals surface area contributed by atoms with Crippen LogP contribution >= 0.6 is 23.2 Å². The minimum Gasteiger partial charge on any atom is -0.486 e. The van der Waals surface area contributed by atoms with Crippen molar-refractivity contribution in [3.05, 3.63) is 130 Å². The van der Waals surface area contributed by atoms with Crippen LogP contribution in [-0.2, 0) is 6.61 Å². The first kappa shape index (κ1) is 35.2. The molecule has 0 spiro atoms. The van der Waals surface area contributed by atoms with Crippen LogP contribution in [0, 0.1) is 11.3 Å². The van der Waals surface area contributed by atoms with Gasteiger partial charge in [-0.2, -0.15) is 5.26 Å². The van der Waals surface area contributed by atoms with E-state index >= 15 is 0 Å². The van der Waals surface area contributed by atoms with E-state index in [4.69, 9.17) is 27.9 Å². The standard InChI is InChI=1S/C40H39Cl2N9O/c1-40(2,3)50-17-14-31(15-18-50)51-24-35(48-49-51)38(26-9-5-4-6-10-26)47-30-19-32-37(27(22-43)23-45-39(32)34(42)21-30)46-28-12-13-36(33(41)20-28)52-25-29-11-7-8-16-44-29/h4-13,16,19-21,23-24,31,38,47H,14-15,17-18,25H2,1-3H3,(H,45,46). The number of hydrogen-bond donors (Lipinski definition) is 2. The monoisotopic (exact) mass is 731 g/mol. The van der Waals surface area contributed by atoms with Gasteiger partial charge in [-0.05, 0) is 81.6 Å². The third-order valence-electron chi connectivity index (χ3n) is 9.40. The van der Waals surface area contributed by atoms with Crippen molar-refractivity contribution < 1.29 is 4.74 Å². The van der Waals surface area contributed by atoms with Gasteiger partial charge in [0, 0.05) is 47.8 Å². The average Bonchev–Trinajstić information content (AvgIpc) is 3.64. The Morgan fingerprint density at radius 3 is 2.42 bits per heavy atom. The fraction of sp³-hybridized carbons (Fsp3) is 0.275. The highest BCUT2D eigenvalue weighted by molar-refractivity contribution is 6.36. The van der Waals surface area contributed by atoms with E-state index in [1.807, 2.05) is 59.3 Å². The number of nitrogens with one attached hydrogen (secondary N) is 2. The molecule has 0 amide bonds. The highest BCUT2D eigenvalue weighted by Crippen LogP contribution is 2.38. The molecule has 264 valence electrons. The van der Waals surface area contributed by atoms with Gasteiger partial charge in [-0.15, -0.1) is 5.10 Å². The molecule has 1 saturated heterocycles. The highest BCUT2D eigenvalue weighted by atomic mass is 35.5. The van der Waals surface area contributed by atoms with E-state index in [1.165, 1.54) is 6.20 Å². The minimum absolute atomic E-state index is 0.147. The molecule has 1 aliphatic rings. The number of piperidine rings is 1. The Balaban J connectivity index is 1.17. The lowest BCUT2D eigenvalue weighted by Gasteiger charge is -2.40. The van der Waals surface area contributed by atoms with Crippen molar-refractivity contribution in [2.75, 3.05) is 23.7 Å². The summed E-state index contributed by atoms with van der Waals surface area (Å²) in [7, 11) is 0. The van der Waals surface area contributed by atoms with Gasteiger partial charge >= 0.3 is 0 Å². The number of anilines is 3. The van der Waals surface area contributed by atoms with E-state index in [1.54, 1.807) is 18.3 Å². The van der Waals surface area contributed by atoms with Crippen molar-refractivity contribution in [3.63, 3.8) is 0 Å². The first-order valence-corrected chi connectivity index (χ1v) is 18.0. The van der Waals surface area contributed by atoms with Gasteiger partial charge in [0.1, 0.15) is 24.1 Å².